The van der Waals surface area contributed by atoms with Crippen molar-refractivity contribution in [3.8, 4) is 6.07 Å². The summed E-state index contributed by atoms with van der Waals surface area (Å²) >= 11 is 0. The quantitative estimate of drug-likeness (QED) is 0.708. The summed E-state index contributed by atoms with van der Waals surface area (Å²) in [6, 6.07) is 9.23. The zero-order valence-electron chi connectivity index (χ0n) is 16.0. The van der Waals surface area contributed by atoms with E-state index in [0.29, 0.717) is 11.1 Å². The number of nitrogens with one attached hydrogen (secondary N) is 1. The van der Waals surface area contributed by atoms with Crippen LogP contribution in [0.4, 0.5) is 8.78 Å². The van der Waals surface area contributed by atoms with Gasteiger partial charge in [0.2, 0.25) is 0 Å². The fourth-order valence-electron chi connectivity index (χ4n) is 2.72. The number of rotatable bonds is 8. The molecule has 0 saturated heterocycles. The summed E-state index contributed by atoms with van der Waals surface area (Å²) < 4.78 is 34.7. The number of nitrogens with zero attached hydrogens (tertiary/aromatic N) is 1. The third-order valence-corrected chi connectivity index (χ3v) is 4.31. The molecule has 0 aliphatic rings. The molecule has 29 heavy (non-hydrogen) atoms. The van der Waals surface area contributed by atoms with Gasteiger partial charge < -0.3 is 15.8 Å². The summed E-state index contributed by atoms with van der Waals surface area (Å²) in [6.07, 6.45) is -1.56. The summed E-state index contributed by atoms with van der Waals surface area (Å²) in [5.74, 6) is -3.31. The van der Waals surface area contributed by atoms with Gasteiger partial charge in [-0.3, -0.25) is 9.59 Å². The highest BCUT2D eigenvalue weighted by Crippen LogP contribution is 2.29. The Balaban J connectivity index is 2.30. The van der Waals surface area contributed by atoms with Crippen molar-refractivity contribution in [1.29, 1.82) is 5.26 Å². The maximum Gasteiger partial charge on any atom is 0.254 e. The fourth-order valence-corrected chi connectivity index (χ4v) is 2.72. The molecular formula is C21H21F2N3O3. The predicted octanol–water partition coefficient (Wildman–Crippen LogP) is 2.82. The molecule has 0 spiro atoms. The highest BCUT2D eigenvalue weighted by molar-refractivity contribution is 5.84. The first kappa shape index (κ1) is 22.1. The molecule has 0 aliphatic carbocycles. The van der Waals surface area contributed by atoms with Crippen LogP contribution in [-0.4, -0.2) is 18.3 Å². The summed E-state index contributed by atoms with van der Waals surface area (Å²) in [6.45, 7) is 2.88. The van der Waals surface area contributed by atoms with E-state index in [4.69, 9.17) is 15.7 Å². The normalized spacial score (nSPS) is 12.7. The van der Waals surface area contributed by atoms with Crippen molar-refractivity contribution in [3.63, 3.8) is 0 Å². The van der Waals surface area contributed by atoms with Crippen LogP contribution in [0, 0.1) is 23.0 Å². The highest BCUT2D eigenvalue weighted by atomic mass is 19.1. The number of nitriles is 1. The Morgan fingerprint density at radius 1 is 1.21 bits per heavy atom. The van der Waals surface area contributed by atoms with E-state index in [9.17, 15) is 18.4 Å². The zero-order chi connectivity index (χ0) is 21.6. The molecule has 2 unspecified atom stereocenters. The first-order valence-corrected chi connectivity index (χ1v) is 8.92. The van der Waals surface area contributed by atoms with Crippen molar-refractivity contribution in [2.24, 2.45) is 5.73 Å². The van der Waals surface area contributed by atoms with E-state index in [2.05, 4.69) is 5.32 Å². The predicted molar refractivity (Wildman–Crippen MR) is 101 cm³/mol. The monoisotopic (exact) mass is 401 g/mol. The molecule has 1 amide bonds. The van der Waals surface area contributed by atoms with E-state index in [0.717, 1.165) is 12.1 Å². The largest absolute Gasteiger partial charge is 0.364 e. The van der Waals surface area contributed by atoms with Gasteiger partial charge in [-0.1, -0.05) is 18.2 Å². The van der Waals surface area contributed by atoms with Crippen molar-refractivity contribution in [1.82, 2.24) is 5.32 Å². The maximum absolute atomic E-state index is 15.0. The molecule has 2 rings (SSSR count). The molecule has 2 aromatic carbocycles. The summed E-state index contributed by atoms with van der Waals surface area (Å²) in [4.78, 5) is 24.1. The number of halogens is 2. The van der Waals surface area contributed by atoms with Gasteiger partial charge >= 0.3 is 0 Å². The van der Waals surface area contributed by atoms with E-state index in [-0.39, 0.29) is 18.7 Å². The zero-order valence-corrected chi connectivity index (χ0v) is 16.0. The average Bonchev–Trinajstić information content (AvgIpc) is 2.71. The first-order valence-electron chi connectivity index (χ1n) is 8.92. The van der Waals surface area contributed by atoms with Crippen LogP contribution in [0.25, 0.3) is 0 Å². The molecular weight excluding hydrogens is 380 g/mol. The van der Waals surface area contributed by atoms with Crippen LogP contribution in [-0.2, 0) is 20.9 Å². The lowest BCUT2D eigenvalue weighted by Crippen LogP contribution is -2.32. The van der Waals surface area contributed by atoms with Gasteiger partial charge in [0, 0.05) is 18.7 Å². The molecule has 8 heteroatoms. The number of carbonyl (C=O) groups is 2. The van der Waals surface area contributed by atoms with Gasteiger partial charge in [0.25, 0.3) is 5.91 Å². The maximum atomic E-state index is 15.0. The molecule has 3 N–H and O–H groups in total. The van der Waals surface area contributed by atoms with E-state index in [1.807, 2.05) is 6.07 Å². The number of benzene rings is 2. The molecule has 0 fully saturated rings. The van der Waals surface area contributed by atoms with E-state index >= 15 is 0 Å². The lowest BCUT2D eigenvalue weighted by Gasteiger charge is -2.21. The molecule has 0 aromatic heterocycles. The van der Waals surface area contributed by atoms with Gasteiger partial charge in [0.15, 0.2) is 11.9 Å². The molecule has 2 aromatic rings. The SMILES string of the molecule is CCOC(C(=O)NCc1ccc(C#N)cc1)c1c(F)ccc(C(N)C(C)=O)c1F. The second kappa shape index (κ2) is 9.87. The Morgan fingerprint density at radius 3 is 2.41 bits per heavy atom. The van der Waals surface area contributed by atoms with Crippen molar-refractivity contribution >= 4 is 11.7 Å². The van der Waals surface area contributed by atoms with Crippen LogP contribution < -0.4 is 11.1 Å². The van der Waals surface area contributed by atoms with Gasteiger partial charge in [-0.2, -0.15) is 5.26 Å². The number of nitrogens with two attached hydrogens (primary N) is 1. The van der Waals surface area contributed by atoms with Gasteiger partial charge in [0.1, 0.15) is 11.6 Å². The van der Waals surface area contributed by atoms with Crippen molar-refractivity contribution in [2.45, 2.75) is 32.5 Å². The fraction of sp³-hybridized carbons (Fsp3) is 0.286. The molecule has 0 bridgehead atoms. The molecule has 2 atom stereocenters. The summed E-state index contributed by atoms with van der Waals surface area (Å²) in [5.41, 5.74) is 6.04. The Kier molecular flexibility index (Phi) is 7.53. The van der Waals surface area contributed by atoms with Crippen LogP contribution in [0.3, 0.4) is 0 Å². The summed E-state index contributed by atoms with van der Waals surface area (Å²) in [5, 5.41) is 11.4. The van der Waals surface area contributed by atoms with Crippen LogP contribution >= 0.6 is 0 Å². The number of ketones is 1. The molecule has 6 nitrogen and oxygen atoms in total. The van der Waals surface area contributed by atoms with E-state index in [1.54, 1.807) is 31.2 Å². The second-order valence-corrected chi connectivity index (χ2v) is 6.31. The Labute approximate surface area is 167 Å². The smallest absolute Gasteiger partial charge is 0.254 e. The molecule has 0 radical (unpaired) electrons. The Bertz CT molecular complexity index is 939. The standard InChI is InChI=1S/C21H21F2N3O3/c1-3-29-20(21(28)26-11-14-6-4-13(10-24)5-7-14)17-16(22)9-8-15(18(17)23)19(25)12(2)27/h4-9,19-20H,3,11,25H2,1-2H3,(H,26,28). The van der Waals surface area contributed by atoms with Crippen molar-refractivity contribution in [3.05, 3.63) is 70.3 Å². The molecule has 152 valence electrons. The number of ether oxygens (including phenoxy) is 1. The van der Waals surface area contributed by atoms with Crippen molar-refractivity contribution < 1.29 is 23.1 Å². The van der Waals surface area contributed by atoms with Gasteiger partial charge in [-0.25, -0.2) is 8.78 Å². The summed E-state index contributed by atoms with van der Waals surface area (Å²) in [7, 11) is 0. The molecule has 0 saturated carbocycles. The number of Topliss-reactive ketones (excluding diaryl/α,β-unsaturated/α-hetero) is 1. The minimum Gasteiger partial charge on any atom is -0.364 e. The number of carbonyl (C=O) groups excluding carboxylic acids is 2. The van der Waals surface area contributed by atoms with E-state index < -0.39 is 41.0 Å². The average molecular weight is 401 g/mol. The first-order chi connectivity index (χ1) is 13.8. The second-order valence-electron chi connectivity index (χ2n) is 6.31. The highest BCUT2D eigenvalue weighted by Gasteiger charge is 2.30. The molecule has 0 heterocycles. The lowest BCUT2D eigenvalue weighted by atomic mass is 9.97. The van der Waals surface area contributed by atoms with Crippen LogP contribution in [0.5, 0.6) is 0 Å². The number of hydrogen-bond acceptors (Lipinski definition) is 5. The third-order valence-electron chi connectivity index (χ3n) is 4.31. The van der Waals surface area contributed by atoms with Crippen molar-refractivity contribution in [2.75, 3.05) is 6.61 Å². The van der Waals surface area contributed by atoms with Gasteiger partial charge in [-0.05, 0) is 37.6 Å². The van der Waals surface area contributed by atoms with Gasteiger partial charge in [0.05, 0.1) is 23.2 Å². The number of amides is 1. The third kappa shape index (κ3) is 5.22. The minimum atomic E-state index is -1.56. The van der Waals surface area contributed by atoms with E-state index in [1.165, 1.54) is 6.92 Å². The lowest BCUT2D eigenvalue weighted by molar-refractivity contribution is -0.133. The van der Waals surface area contributed by atoms with Crippen LogP contribution in [0.15, 0.2) is 36.4 Å². The Morgan fingerprint density at radius 2 is 1.86 bits per heavy atom. The van der Waals surface area contributed by atoms with Gasteiger partial charge in [-0.15, -0.1) is 0 Å². The number of hydrogen-bond donors (Lipinski definition) is 2. The minimum absolute atomic E-state index is 0.0246. The van der Waals surface area contributed by atoms with Crippen LogP contribution in [0.2, 0.25) is 0 Å². The topological polar surface area (TPSA) is 105 Å². The Hall–Kier alpha value is -3.15. The van der Waals surface area contributed by atoms with Crippen LogP contribution in [0.1, 0.15) is 48.2 Å². The molecule has 0 aliphatic heterocycles.